The normalized spacial score (nSPS) is 10.8. The van der Waals surface area contributed by atoms with Crippen molar-refractivity contribution in [1.82, 2.24) is 16.1 Å². The molecule has 0 fully saturated rings. The molecule has 0 aliphatic carbocycles. The average Bonchev–Trinajstić information content (AvgIpc) is 2.18. The maximum absolute atomic E-state index is 10.7. The summed E-state index contributed by atoms with van der Waals surface area (Å²) >= 11 is 0. The smallest absolute Gasteiger partial charge is 0.318 e. The van der Waals surface area contributed by atoms with Crippen molar-refractivity contribution < 1.29 is 4.79 Å². The summed E-state index contributed by atoms with van der Waals surface area (Å²) < 4.78 is 0. The summed E-state index contributed by atoms with van der Waals surface area (Å²) in [6, 6.07) is -0.314. The number of nitrogens with one attached hydrogen (secondary N) is 3. The summed E-state index contributed by atoms with van der Waals surface area (Å²) in [5.41, 5.74) is 2.51. The Morgan fingerprint density at radius 1 is 1.50 bits per heavy atom. The number of nitrogens with zero attached hydrogens (tertiary/aromatic N) is 2. The first kappa shape index (κ1) is 11.9. The van der Waals surface area contributed by atoms with Gasteiger partial charge in [0.2, 0.25) is 0 Å². The first-order valence-corrected chi connectivity index (χ1v) is 3.79. The zero-order valence-electron chi connectivity index (χ0n) is 7.95. The van der Waals surface area contributed by atoms with Crippen LogP contribution in [0.5, 0.6) is 0 Å². The average molecular weight is 195 g/mol. The maximum atomic E-state index is 10.7. The molecule has 6 nitrogen and oxygen atoms in total. The predicted molar refractivity (Wildman–Crippen MR) is 57.0 cm³/mol. The molecule has 0 aliphatic heterocycles. The number of amides is 2. The number of amidine groups is 1. The predicted octanol–water partition coefficient (Wildman–Crippen LogP) is 0.176. The molecule has 0 spiro atoms. The zero-order chi connectivity index (χ0) is 10.8. The Morgan fingerprint density at radius 2 is 2.21 bits per heavy atom. The van der Waals surface area contributed by atoms with E-state index in [-0.39, 0.29) is 6.03 Å². The third-order valence-electron chi connectivity index (χ3n) is 1.11. The fourth-order valence-corrected chi connectivity index (χ4v) is 0.557. The Hall–Kier alpha value is -2.11. The monoisotopic (exact) mass is 195 g/mol. The molecule has 0 aromatic rings. The molecule has 6 heteroatoms. The van der Waals surface area contributed by atoms with Gasteiger partial charge in [0.05, 0.1) is 0 Å². The van der Waals surface area contributed by atoms with Crippen molar-refractivity contribution >= 4 is 18.6 Å². The number of urea groups is 1. The number of rotatable bonds is 4. The van der Waals surface area contributed by atoms with Gasteiger partial charge in [-0.2, -0.15) is 5.10 Å². The fourth-order valence-electron chi connectivity index (χ4n) is 0.557. The highest BCUT2D eigenvalue weighted by Gasteiger charge is 1.90. The van der Waals surface area contributed by atoms with Crippen molar-refractivity contribution in [2.45, 2.75) is 0 Å². The largest absolute Gasteiger partial charge is 0.341 e. The Labute approximate surface area is 82.5 Å². The van der Waals surface area contributed by atoms with Gasteiger partial charge in [-0.25, -0.2) is 9.79 Å². The van der Waals surface area contributed by atoms with Crippen LogP contribution in [0.4, 0.5) is 4.79 Å². The summed E-state index contributed by atoms with van der Waals surface area (Å²) in [4.78, 5) is 14.5. The van der Waals surface area contributed by atoms with Crippen LogP contribution < -0.4 is 16.1 Å². The van der Waals surface area contributed by atoms with E-state index < -0.39 is 0 Å². The van der Waals surface area contributed by atoms with Gasteiger partial charge in [0.1, 0.15) is 5.84 Å². The molecule has 0 rings (SSSR count). The van der Waals surface area contributed by atoms with Gasteiger partial charge in [-0.15, -0.1) is 0 Å². The summed E-state index contributed by atoms with van der Waals surface area (Å²) in [5.74, 6) is 0.423. The Morgan fingerprint density at radius 3 is 2.71 bits per heavy atom. The van der Waals surface area contributed by atoms with Crippen LogP contribution in [-0.4, -0.2) is 25.6 Å². The van der Waals surface area contributed by atoms with Crippen LogP contribution in [0, 0.1) is 0 Å². The molecular formula is C8H13N5O. The number of aliphatic imine (C=N–C) groups is 1. The van der Waals surface area contributed by atoms with Crippen LogP contribution >= 0.6 is 0 Å². The molecule has 0 aromatic heterocycles. The lowest BCUT2D eigenvalue weighted by Gasteiger charge is -1.98. The standard InChI is InChI=1S/C8H13N5O/c1-4-11-7(13-10-3)5-6-12-8(14)9-2/h4-6H,1,3H2,2H3,(H,11,13)(H2,9,12,14)/b6-5+. The first-order chi connectivity index (χ1) is 6.74. The number of carbonyl (C=O) groups is 1. The third kappa shape index (κ3) is 5.53. The highest BCUT2D eigenvalue weighted by atomic mass is 16.2. The molecule has 0 bridgehead atoms. The molecule has 0 heterocycles. The van der Waals surface area contributed by atoms with Crippen molar-refractivity contribution in [3.8, 4) is 0 Å². The van der Waals surface area contributed by atoms with E-state index in [0.717, 1.165) is 0 Å². The number of hydrazone groups is 1. The molecule has 2 amide bonds. The van der Waals surface area contributed by atoms with E-state index in [0.29, 0.717) is 5.84 Å². The van der Waals surface area contributed by atoms with E-state index in [1.807, 2.05) is 0 Å². The van der Waals surface area contributed by atoms with E-state index >= 15 is 0 Å². The van der Waals surface area contributed by atoms with E-state index in [9.17, 15) is 4.79 Å². The van der Waals surface area contributed by atoms with Crippen LogP contribution in [0.25, 0.3) is 0 Å². The molecule has 3 N–H and O–H groups in total. The van der Waals surface area contributed by atoms with Gasteiger partial charge >= 0.3 is 6.03 Å². The van der Waals surface area contributed by atoms with Crippen LogP contribution in [0.15, 0.2) is 35.1 Å². The van der Waals surface area contributed by atoms with Crippen LogP contribution in [0.1, 0.15) is 0 Å². The molecular weight excluding hydrogens is 182 g/mol. The van der Waals surface area contributed by atoms with Gasteiger partial charge in [-0.1, -0.05) is 6.58 Å². The Bertz CT molecular complexity index is 269. The van der Waals surface area contributed by atoms with Gasteiger partial charge < -0.3 is 10.6 Å². The zero-order valence-corrected chi connectivity index (χ0v) is 7.95. The van der Waals surface area contributed by atoms with Crippen molar-refractivity contribution in [1.29, 1.82) is 0 Å². The molecule has 0 radical (unpaired) electrons. The van der Waals surface area contributed by atoms with Crippen molar-refractivity contribution in [3.63, 3.8) is 0 Å². The SMILES string of the molecule is C=CN=C(/C=C/NC(=O)NC)NN=C. The van der Waals surface area contributed by atoms with E-state index in [2.05, 4.69) is 39.4 Å². The number of carbonyl (C=O) groups excluding carboxylic acids is 1. The molecule has 76 valence electrons. The third-order valence-corrected chi connectivity index (χ3v) is 1.11. The minimum atomic E-state index is -0.314. The second-order valence-electron chi connectivity index (χ2n) is 2.02. The summed E-state index contributed by atoms with van der Waals surface area (Å²) in [6.45, 7) is 6.65. The van der Waals surface area contributed by atoms with Crippen molar-refractivity contribution in [2.24, 2.45) is 10.1 Å². The van der Waals surface area contributed by atoms with E-state index in [1.54, 1.807) is 0 Å². The second kappa shape index (κ2) is 7.53. The fraction of sp³-hybridized carbons (Fsp3) is 0.125. The summed E-state index contributed by atoms with van der Waals surface area (Å²) in [5, 5.41) is 8.23. The number of hydrogen-bond donors (Lipinski definition) is 3. The molecule has 14 heavy (non-hydrogen) atoms. The molecule has 0 atom stereocenters. The minimum Gasteiger partial charge on any atom is -0.341 e. The topological polar surface area (TPSA) is 77.9 Å². The second-order valence-corrected chi connectivity index (χ2v) is 2.02. The van der Waals surface area contributed by atoms with Crippen LogP contribution in [-0.2, 0) is 0 Å². The molecule has 0 saturated carbocycles. The molecule has 0 aliphatic rings. The molecule has 0 saturated heterocycles. The summed E-state index contributed by atoms with van der Waals surface area (Å²) in [7, 11) is 1.52. The maximum Gasteiger partial charge on any atom is 0.318 e. The lowest BCUT2D eigenvalue weighted by molar-refractivity contribution is 0.246. The highest BCUT2D eigenvalue weighted by molar-refractivity contribution is 5.93. The lowest BCUT2D eigenvalue weighted by Crippen LogP contribution is -2.29. The molecule has 0 aromatic carbocycles. The van der Waals surface area contributed by atoms with Crippen LogP contribution in [0.2, 0.25) is 0 Å². The Kier molecular flexibility index (Phi) is 6.40. The van der Waals surface area contributed by atoms with Crippen LogP contribution in [0.3, 0.4) is 0 Å². The quantitative estimate of drug-likeness (QED) is 0.340. The van der Waals surface area contributed by atoms with E-state index in [4.69, 9.17) is 0 Å². The summed E-state index contributed by atoms with van der Waals surface area (Å²) in [6.07, 6.45) is 4.28. The lowest BCUT2D eigenvalue weighted by atomic mass is 10.5. The van der Waals surface area contributed by atoms with Gasteiger partial charge in [-0.3, -0.25) is 5.43 Å². The van der Waals surface area contributed by atoms with Crippen molar-refractivity contribution in [2.75, 3.05) is 7.05 Å². The van der Waals surface area contributed by atoms with Crippen molar-refractivity contribution in [3.05, 3.63) is 25.1 Å². The highest BCUT2D eigenvalue weighted by Crippen LogP contribution is 1.79. The first-order valence-electron chi connectivity index (χ1n) is 3.79. The molecule has 0 unspecified atom stereocenters. The van der Waals surface area contributed by atoms with Gasteiger partial charge in [-0.05, 0) is 6.08 Å². The minimum absolute atomic E-state index is 0.314. The van der Waals surface area contributed by atoms with Gasteiger partial charge in [0.25, 0.3) is 0 Å². The van der Waals surface area contributed by atoms with Gasteiger partial charge in [0.15, 0.2) is 0 Å². The van der Waals surface area contributed by atoms with Gasteiger partial charge in [0, 0.05) is 26.2 Å². The number of hydrogen-bond acceptors (Lipinski definition) is 3. The Balaban J connectivity index is 4.15. The van der Waals surface area contributed by atoms with E-state index in [1.165, 1.54) is 25.5 Å².